The van der Waals surface area contributed by atoms with Gasteiger partial charge in [-0.05, 0) is 78.5 Å². The molecule has 1 atom stereocenters. The molecule has 0 fully saturated rings. The molecule has 0 N–H and O–H groups in total. The Hall–Kier alpha value is -2.10. The Kier molecular flexibility index (Phi) is 6.03. The van der Waals surface area contributed by atoms with Gasteiger partial charge in [0.25, 0.3) is 0 Å². The molecule has 0 aliphatic heterocycles. The minimum atomic E-state index is -0.904. The fourth-order valence-corrected chi connectivity index (χ4v) is 3.69. The van der Waals surface area contributed by atoms with Crippen molar-refractivity contribution in [2.24, 2.45) is 5.92 Å². The molecule has 1 unspecified atom stereocenters. The highest BCUT2D eigenvalue weighted by molar-refractivity contribution is 5.67. The van der Waals surface area contributed by atoms with Crippen molar-refractivity contribution in [3.05, 3.63) is 75.9 Å². The molecule has 0 saturated heterocycles. The molecule has 4 heteroatoms. The molecule has 0 spiro atoms. The zero-order valence-electron chi connectivity index (χ0n) is 15.7. The second-order valence-electron chi connectivity index (χ2n) is 7.53. The Morgan fingerprint density at radius 1 is 0.926 bits per heavy atom. The van der Waals surface area contributed by atoms with Crippen LogP contribution in [0.25, 0.3) is 5.57 Å². The second kappa shape index (κ2) is 8.28. The topological polar surface area (TPSA) is 0 Å². The number of hydrogen-bond donors (Lipinski definition) is 0. The van der Waals surface area contributed by atoms with Gasteiger partial charge in [-0.3, -0.25) is 0 Å². The Morgan fingerprint density at radius 3 is 2.22 bits per heavy atom. The number of rotatable bonds is 5. The maximum atomic E-state index is 14.4. The normalized spacial score (nSPS) is 17.1. The Morgan fingerprint density at radius 2 is 1.59 bits per heavy atom. The molecule has 27 heavy (non-hydrogen) atoms. The number of aryl methyl sites for hydroxylation is 1. The lowest BCUT2D eigenvalue weighted by atomic mass is 9.86. The fraction of sp³-hybridized carbons (Fsp3) is 0.391. The molecule has 144 valence electrons. The monoisotopic (exact) mass is 376 g/mol. The highest BCUT2D eigenvalue weighted by atomic mass is 19.2. The van der Waals surface area contributed by atoms with Crippen LogP contribution >= 0.6 is 0 Å². The van der Waals surface area contributed by atoms with E-state index in [4.69, 9.17) is 0 Å². The van der Waals surface area contributed by atoms with Crippen LogP contribution in [0.2, 0.25) is 0 Å². The van der Waals surface area contributed by atoms with E-state index in [1.807, 2.05) is 13.0 Å². The summed E-state index contributed by atoms with van der Waals surface area (Å²) in [5.41, 5.74) is 2.54. The summed E-state index contributed by atoms with van der Waals surface area (Å²) in [5.74, 6) is -2.92. The molecule has 0 heterocycles. The van der Waals surface area contributed by atoms with Crippen LogP contribution in [0, 0.1) is 29.2 Å². The van der Waals surface area contributed by atoms with Gasteiger partial charge in [-0.15, -0.1) is 0 Å². The molecule has 0 aromatic heterocycles. The molecule has 1 aliphatic carbocycles. The van der Waals surface area contributed by atoms with E-state index in [9.17, 15) is 17.6 Å². The van der Waals surface area contributed by atoms with Gasteiger partial charge < -0.3 is 0 Å². The van der Waals surface area contributed by atoms with Crippen LogP contribution in [0.1, 0.15) is 61.8 Å². The Labute approximate surface area is 157 Å². The minimum absolute atomic E-state index is 0.224. The predicted octanol–water partition coefficient (Wildman–Crippen LogP) is 6.99. The van der Waals surface area contributed by atoms with Crippen LogP contribution in [0.5, 0.6) is 0 Å². The van der Waals surface area contributed by atoms with Gasteiger partial charge in [-0.2, -0.15) is 0 Å². The summed E-state index contributed by atoms with van der Waals surface area (Å²) in [6.07, 6.45) is 5.85. The molecule has 0 nitrogen and oxygen atoms in total. The average molecular weight is 376 g/mol. The van der Waals surface area contributed by atoms with Gasteiger partial charge in [0.15, 0.2) is 23.3 Å². The zero-order valence-corrected chi connectivity index (χ0v) is 15.7. The van der Waals surface area contributed by atoms with Gasteiger partial charge in [-0.25, -0.2) is 17.6 Å². The van der Waals surface area contributed by atoms with Crippen LogP contribution in [-0.4, -0.2) is 0 Å². The largest absolute Gasteiger partial charge is 0.204 e. The first-order valence-electron chi connectivity index (χ1n) is 9.53. The van der Waals surface area contributed by atoms with Gasteiger partial charge in [-0.1, -0.05) is 32.4 Å². The quantitative estimate of drug-likeness (QED) is 0.493. The van der Waals surface area contributed by atoms with Crippen molar-refractivity contribution in [3.63, 3.8) is 0 Å². The van der Waals surface area contributed by atoms with E-state index in [2.05, 4.69) is 6.92 Å². The summed E-state index contributed by atoms with van der Waals surface area (Å²) in [6.45, 7) is 4.03. The van der Waals surface area contributed by atoms with Gasteiger partial charge in [0.05, 0.1) is 0 Å². The van der Waals surface area contributed by atoms with Gasteiger partial charge in [0, 0.05) is 5.56 Å². The van der Waals surface area contributed by atoms with Crippen molar-refractivity contribution < 1.29 is 17.6 Å². The summed E-state index contributed by atoms with van der Waals surface area (Å²) < 4.78 is 56.3. The average Bonchev–Trinajstić information content (AvgIpc) is 2.63. The third-order valence-electron chi connectivity index (χ3n) is 5.20. The lowest BCUT2D eigenvalue weighted by molar-refractivity contribution is 0.496. The van der Waals surface area contributed by atoms with E-state index < -0.39 is 23.3 Å². The predicted molar refractivity (Wildman–Crippen MR) is 101 cm³/mol. The molecule has 0 radical (unpaired) electrons. The maximum Gasteiger partial charge on any atom is 0.166 e. The third-order valence-corrected chi connectivity index (χ3v) is 5.20. The Bertz CT molecular complexity index is 867. The molecule has 0 amide bonds. The van der Waals surface area contributed by atoms with Gasteiger partial charge in [0.2, 0.25) is 0 Å². The minimum Gasteiger partial charge on any atom is -0.204 e. The van der Waals surface area contributed by atoms with E-state index in [1.165, 1.54) is 0 Å². The molecule has 3 rings (SSSR count). The van der Waals surface area contributed by atoms with E-state index in [0.29, 0.717) is 41.9 Å². The number of halogens is 4. The summed E-state index contributed by atoms with van der Waals surface area (Å²) in [4.78, 5) is 0. The number of allylic oxidation sites excluding steroid dienone is 2. The zero-order chi connectivity index (χ0) is 19.6. The summed E-state index contributed by atoms with van der Waals surface area (Å²) in [7, 11) is 0. The molecular formula is C23H24F4. The van der Waals surface area contributed by atoms with E-state index in [0.717, 1.165) is 30.5 Å². The fourth-order valence-electron chi connectivity index (χ4n) is 3.69. The summed E-state index contributed by atoms with van der Waals surface area (Å²) in [6, 6.07) is 5.54. The van der Waals surface area contributed by atoms with Crippen molar-refractivity contribution in [1.29, 1.82) is 0 Å². The first kappa shape index (κ1) is 19.7. The molecule has 0 bridgehead atoms. The van der Waals surface area contributed by atoms with Crippen LogP contribution in [-0.2, 0) is 12.8 Å². The Balaban J connectivity index is 1.94. The van der Waals surface area contributed by atoms with Crippen molar-refractivity contribution in [3.8, 4) is 0 Å². The van der Waals surface area contributed by atoms with Crippen molar-refractivity contribution in [1.82, 2.24) is 0 Å². The first-order valence-corrected chi connectivity index (χ1v) is 9.53. The molecular weight excluding hydrogens is 352 g/mol. The third kappa shape index (κ3) is 4.42. The van der Waals surface area contributed by atoms with Gasteiger partial charge in [0.1, 0.15) is 0 Å². The second-order valence-corrected chi connectivity index (χ2v) is 7.53. The van der Waals surface area contributed by atoms with E-state index >= 15 is 0 Å². The maximum absolute atomic E-state index is 14.4. The molecule has 1 aliphatic rings. The molecule has 2 aromatic carbocycles. The van der Waals surface area contributed by atoms with Gasteiger partial charge >= 0.3 is 0 Å². The molecule has 2 aromatic rings. The van der Waals surface area contributed by atoms with Crippen LogP contribution in [0.3, 0.4) is 0 Å². The lowest BCUT2D eigenvalue weighted by Crippen LogP contribution is -2.05. The SMILES string of the molecule is CCCc1cc(Cc2cc(F)c(F)c(C3=CCC(C)CC3)c2)cc(F)c1F. The lowest BCUT2D eigenvalue weighted by Gasteiger charge is -2.19. The van der Waals surface area contributed by atoms with Crippen molar-refractivity contribution in [2.75, 3.05) is 0 Å². The highest BCUT2D eigenvalue weighted by Gasteiger charge is 2.19. The molecule has 0 saturated carbocycles. The standard InChI is InChI=1S/C23H24F4/c1-3-4-18-10-15(12-20(24)22(18)26)9-16-11-19(23(27)21(25)13-16)17-7-5-14(2)6-8-17/h7,10-14H,3-6,8-9H2,1-2H3. The van der Waals surface area contributed by atoms with Crippen LogP contribution in [0.15, 0.2) is 30.3 Å². The highest BCUT2D eigenvalue weighted by Crippen LogP contribution is 2.33. The summed E-state index contributed by atoms with van der Waals surface area (Å²) in [5, 5.41) is 0. The number of benzene rings is 2. The van der Waals surface area contributed by atoms with E-state index in [-0.39, 0.29) is 12.0 Å². The van der Waals surface area contributed by atoms with Crippen LogP contribution < -0.4 is 0 Å². The van der Waals surface area contributed by atoms with Crippen LogP contribution in [0.4, 0.5) is 17.6 Å². The first-order chi connectivity index (χ1) is 12.9. The van der Waals surface area contributed by atoms with Crippen molar-refractivity contribution >= 4 is 5.57 Å². The summed E-state index contributed by atoms with van der Waals surface area (Å²) >= 11 is 0. The number of hydrogen-bond acceptors (Lipinski definition) is 0. The van der Waals surface area contributed by atoms with E-state index in [1.54, 1.807) is 12.1 Å². The van der Waals surface area contributed by atoms with Crippen molar-refractivity contribution in [2.45, 2.75) is 52.4 Å². The smallest absolute Gasteiger partial charge is 0.166 e.